The van der Waals surface area contributed by atoms with Gasteiger partial charge in [0.1, 0.15) is 0 Å². The molecule has 1 aromatic rings. The van der Waals surface area contributed by atoms with Crippen LogP contribution in [0.25, 0.3) is 0 Å². The maximum Gasteiger partial charge on any atom is 0.240 e. The predicted octanol–water partition coefficient (Wildman–Crippen LogP) is 2.79. The zero-order valence-electron chi connectivity index (χ0n) is 8.57. The average molecular weight is 325 g/mol. The zero-order chi connectivity index (χ0) is 11.9. The average Bonchev–Trinajstić information content (AvgIpc) is 2.85. The molecule has 2 atom stereocenters. The minimum Gasteiger partial charge on any atom is -0.208 e. The van der Waals surface area contributed by atoms with Crippen LogP contribution in [0.15, 0.2) is 27.6 Å². The van der Waals surface area contributed by atoms with Crippen LogP contribution in [0.4, 0.5) is 0 Å². The van der Waals surface area contributed by atoms with Crippen molar-refractivity contribution in [3.63, 3.8) is 0 Å². The van der Waals surface area contributed by atoms with Gasteiger partial charge in [0.15, 0.2) is 0 Å². The van der Waals surface area contributed by atoms with Crippen molar-refractivity contribution >= 4 is 37.6 Å². The molecule has 1 aliphatic rings. The van der Waals surface area contributed by atoms with E-state index in [-0.39, 0.29) is 10.9 Å². The number of benzene rings is 1. The SMILES string of the molecule is CC1CC1NS(=O)(=O)c1ccc(Cl)c(Br)c1. The summed E-state index contributed by atoms with van der Waals surface area (Å²) in [6.45, 7) is 2.02. The van der Waals surface area contributed by atoms with Crippen LogP contribution in [0, 0.1) is 5.92 Å². The Morgan fingerprint density at radius 1 is 1.50 bits per heavy atom. The molecule has 0 aliphatic heterocycles. The Balaban J connectivity index is 2.25. The van der Waals surface area contributed by atoms with Gasteiger partial charge in [0, 0.05) is 10.5 Å². The summed E-state index contributed by atoms with van der Waals surface area (Å²) in [6, 6.07) is 4.66. The highest BCUT2D eigenvalue weighted by molar-refractivity contribution is 9.10. The molecule has 0 spiro atoms. The van der Waals surface area contributed by atoms with E-state index in [2.05, 4.69) is 20.7 Å². The highest BCUT2D eigenvalue weighted by atomic mass is 79.9. The van der Waals surface area contributed by atoms with Crippen molar-refractivity contribution in [2.75, 3.05) is 0 Å². The van der Waals surface area contributed by atoms with E-state index in [1.165, 1.54) is 12.1 Å². The van der Waals surface area contributed by atoms with Gasteiger partial charge in [-0.05, 0) is 46.5 Å². The molecule has 0 radical (unpaired) electrons. The summed E-state index contributed by atoms with van der Waals surface area (Å²) in [4.78, 5) is 0.239. The van der Waals surface area contributed by atoms with Gasteiger partial charge in [0.2, 0.25) is 10.0 Å². The molecule has 1 saturated carbocycles. The lowest BCUT2D eigenvalue weighted by molar-refractivity contribution is 0.578. The van der Waals surface area contributed by atoms with Crippen LogP contribution >= 0.6 is 27.5 Å². The topological polar surface area (TPSA) is 46.2 Å². The lowest BCUT2D eigenvalue weighted by Gasteiger charge is -2.06. The third-order valence-corrected chi connectivity index (χ3v) is 5.32. The fourth-order valence-electron chi connectivity index (χ4n) is 1.40. The fraction of sp³-hybridized carbons (Fsp3) is 0.400. The minimum atomic E-state index is -3.41. The highest BCUT2D eigenvalue weighted by Crippen LogP contribution is 2.31. The van der Waals surface area contributed by atoms with Crippen molar-refractivity contribution in [3.8, 4) is 0 Å². The van der Waals surface area contributed by atoms with E-state index in [4.69, 9.17) is 11.6 Å². The quantitative estimate of drug-likeness (QED) is 0.929. The molecule has 2 rings (SSSR count). The summed E-state index contributed by atoms with van der Waals surface area (Å²) < 4.78 is 27.1. The summed E-state index contributed by atoms with van der Waals surface area (Å²) in [5.74, 6) is 0.436. The zero-order valence-corrected chi connectivity index (χ0v) is 11.7. The number of hydrogen-bond acceptors (Lipinski definition) is 2. The molecule has 3 nitrogen and oxygen atoms in total. The molecule has 16 heavy (non-hydrogen) atoms. The molecule has 0 saturated heterocycles. The first-order valence-electron chi connectivity index (χ1n) is 4.87. The second-order valence-electron chi connectivity index (χ2n) is 4.02. The van der Waals surface area contributed by atoms with E-state index < -0.39 is 10.0 Å². The van der Waals surface area contributed by atoms with Gasteiger partial charge in [0.05, 0.1) is 9.92 Å². The molecule has 0 amide bonds. The van der Waals surface area contributed by atoms with E-state index in [0.29, 0.717) is 15.4 Å². The normalized spacial score (nSPS) is 24.4. The monoisotopic (exact) mass is 323 g/mol. The van der Waals surface area contributed by atoms with Crippen LogP contribution in [0.2, 0.25) is 5.02 Å². The summed E-state index contributed by atoms with van der Waals surface area (Å²) in [5, 5.41) is 0.499. The molecule has 1 fully saturated rings. The smallest absolute Gasteiger partial charge is 0.208 e. The van der Waals surface area contributed by atoms with Crippen molar-refractivity contribution in [3.05, 3.63) is 27.7 Å². The van der Waals surface area contributed by atoms with E-state index in [1.54, 1.807) is 6.07 Å². The number of rotatable bonds is 3. The van der Waals surface area contributed by atoms with Crippen LogP contribution in [-0.2, 0) is 10.0 Å². The molecule has 6 heteroatoms. The van der Waals surface area contributed by atoms with Crippen LogP contribution in [0.1, 0.15) is 13.3 Å². The van der Waals surface area contributed by atoms with Crippen molar-refractivity contribution in [2.24, 2.45) is 5.92 Å². The van der Waals surface area contributed by atoms with Gasteiger partial charge in [-0.2, -0.15) is 0 Å². The van der Waals surface area contributed by atoms with Crippen LogP contribution in [0.3, 0.4) is 0 Å². The largest absolute Gasteiger partial charge is 0.240 e. The van der Waals surface area contributed by atoms with E-state index in [1.807, 2.05) is 6.92 Å². The predicted molar refractivity (Wildman–Crippen MR) is 67.0 cm³/mol. The standard InChI is InChI=1S/C10H11BrClNO2S/c1-6-4-10(6)13-16(14,15)7-2-3-9(12)8(11)5-7/h2-3,5-6,10,13H,4H2,1H3. The molecule has 0 heterocycles. The molecule has 2 unspecified atom stereocenters. The summed E-state index contributed by atoms with van der Waals surface area (Å²) in [7, 11) is -3.41. The maximum absolute atomic E-state index is 11.9. The van der Waals surface area contributed by atoms with Crippen molar-refractivity contribution in [1.29, 1.82) is 0 Å². The van der Waals surface area contributed by atoms with Crippen LogP contribution < -0.4 is 4.72 Å². The van der Waals surface area contributed by atoms with Crippen molar-refractivity contribution in [2.45, 2.75) is 24.3 Å². The second kappa shape index (κ2) is 4.29. The van der Waals surface area contributed by atoms with Gasteiger partial charge in [-0.25, -0.2) is 13.1 Å². The van der Waals surface area contributed by atoms with Crippen LogP contribution in [-0.4, -0.2) is 14.5 Å². The van der Waals surface area contributed by atoms with E-state index in [0.717, 1.165) is 6.42 Å². The first kappa shape index (κ1) is 12.4. The summed E-state index contributed by atoms with van der Waals surface area (Å²) in [6.07, 6.45) is 0.911. The maximum atomic E-state index is 11.9. The number of sulfonamides is 1. The third-order valence-electron chi connectivity index (χ3n) is 2.62. The Hall–Kier alpha value is -0.100. The second-order valence-corrected chi connectivity index (χ2v) is 6.99. The lowest BCUT2D eigenvalue weighted by Crippen LogP contribution is -2.26. The minimum absolute atomic E-state index is 0.0828. The molecule has 1 aliphatic carbocycles. The van der Waals surface area contributed by atoms with Gasteiger partial charge >= 0.3 is 0 Å². The summed E-state index contributed by atoms with van der Waals surface area (Å²) in [5.41, 5.74) is 0. The molecule has 0 aromatic heterocycles. The van der Waals surface area contributed by atoms with Gasteiger partial charge < -0.3 is 0 Å². The molecule has 1 aromatic carbocycles. The number of nitrogens with one attached hydrogen (secondary N) is 1. The molecule has 0 bridgehead atoms. The van der Waals surface area contributed by atoms with Gasteiger partial charge in [-0.1, -0.05) is 18.5 Å². The molecule has 1 N–H and O–H groups in total. The molecular weight excluding hydrogens is 314 g/mol. The first-order valence-corrected chi connectivity index (χ1v) is 7.53. The Bertz CT molecular complexity index is 518. The van der Waals surface area contributed by atoms with Crippen molar-refractivity contribution in [1.82, 2.24) is 4.72 Å². The Labute approximate surface area is 108 Å². The van der Waals surface area contributed by atoms with Gasteiger partial charge in [-0.15, -0.1) is 0 Å². The number of halogens is 2. The van der Waals surface area contributed by atoms with E-state index >= 15 is 0 Å². The Morgan fingerprint density at radius 3 is 2.62 bits per heavy atom. The van der Waals surface area contributed by atoms with Crippen LogP contribution in [0.5, 0.6) is 0 Å². The molecule has 88 valence electrons. The summed E-state index contributed by atoms with van der Waals surface area (Å²) >= 11 is 9.02. The van der Waals surface area contributed by atoms with E-state index in [9.17, 15) is 8.42 Å². The Kier molecular flexibility index (Phi) is 3.32. The first-order chi connectivity index (χ1) is 7.40. The molecular formula is C10H11BrClNO2S. The van der Waals surface area contributed by atoms with Gasteiger partial charge in [0.25, 0.3) is 0 Å². The third kappa shape index (κ3) is 2.59. The van der Waals surface area contributed by atoms with Crippen molar-refractivity contribution < 1.29 is 8.42 Å². The fourth-order valence-corrected chi connectivity index (χ4v) is 3.43. The number of hydrogen-bond donors (Lipinski definition) is 1. The van der Waals surface area contributed by atoms with Gasteiger partial charge in [-0.3, -0.25) is 0 Å². The Morgan fingerprint density at radius 2 is 2.12 bits per heavy atom. The highest BCUT2D eigenvalue weighted by Gasteiger charge is 2.36. The lowest BCUT2D eigenvalue weighted by atomic mass is 10.4.